The number of aryl methyl sites for hydroxylation is 3. The summed E-state index contributed by atoms with van der Waals surface area (Å²) < 4.78 is 36.8. The monoisotopic (exact) mass is 602 g/mol. The van der Waals surface area contributed by atoms with E-state index in [2.05, 4.69) is 29.4 Å². The molecule has 9 heteroatoms. The fourth-order valence-corrected chi connectivity index (χ4v) is 8.30. The minimum absolute atomic E-state index is 0.221. The highest BCUT2D eigenvalue weighted by molar-refractivity contribution is 7.89. The molecule has 43 heavy (non-hydrogen) atoms. The normalized spacial score (nSPS) is 17.8. The molecule has 1 aliphatic heterocycles. The molecule has 2 heterocycles. The minimum atomic E-state index is -3.70. The Morgan fingerprint density at radius 3 is 2.53 bits per heavy atom. The largest absolute Gasteiger partial charge is 0.469 e. The first kappa shape index (κ1) is 30.9. The Hall–Kier alpha value is -3.56. The number of carbonyl (C=O) groups is 1. The summed E-state index contributed by atoms with van der Waals surface area (Å²) in [5.41, 5.74) is 6.45. The predicted molar refractivity (Wildman–Crippen MR) is 168 cm³/mol. The number of hydrogen-bond donors (Lipinski definition) is 0. The number of nitrogens with zero attached hydrogens (tertiary/aromatic N) is 4. The van der Waals surface area contributed by atoms with Crippen LogP contribution in [0.5, 0.6) is 0 Å². The number of aromatic nitrogens is 3. The maximum absolute atomic E-state index is 14.0. The molecule has 0 N–H and O–H groups in total. The highest BCUT2D eigenvalue weighted by Crippen LogP contribution is 2.45. The van der Waals surface area contributed by atoms with E-state index < -0.39 is 15.4 Å². The molecule has 3 aromatic carbocycles. The Morgan fingerprint density at radius 2 is 1.84 bits per heavy atom. The van der Waals surface area contributed by atoms with Crippen LogP contribution in [0.15, 0.2) is 59.5 Å². The molecule has 5 rings (SSSR count). The highest BCUT2D eigenvalue weighted by atomic mass is 32.2. The Labute approximate surface area is 255 Å². The van der Waals surface area contributed by atoms with Crippen molar-refractivity contribution in [3.8, 4) is 0 Å². The van der Waals surface area contributed by atoms with Crippen molar-refractivity contribution < 1.29 is 17.9 Å². The fraction of sp³-hybridized carbons (Fsp3) is 0.441. The van der Waals surface area contributed by atoms with E-state index >= 15 is 0 Å². The summed E-state index contributed by atoms with van der Waals surface area (Å²) in [6, 6.07) is 17.6. The van der Waals surface area contributed by atoms with Crippen molar-refractivity contribution >= 4 is 27.0 Å². The molecular weight excluding hydrogens is 560 g/mol. The van der Waals surface area contributed by atoms with Crippen molar-refractivity contribution in [3.63, 3.8) is 0 Å². The summed E-state index contributed by atoms with van der Waals surface area (Å²) in [4.78, 5) is 13.7. The van der Waals surface area contributed by atoms with Crippen LogP contribution in [0.2, 0.25) is 0 Å². The van der Waals surface area contributed by atoms with Crippen molar-refractivity contribution in [1.82, 2.24) is 19.3 Å². The minimum Gasteiger partial charge on any atom is -0.469 e. The Bertz CT molecular complexity index is 1780. The maximum atomic E-state index is 14.0. The molecule has 228 valence electrons. The number of fused-ring (bicyclic) bond motifs is 2. The zero-order valence-corrected chi connectivity index (χ0v) is 27.0. The average molecular weight is 603 g/mol. The molecule has 0 radical (unpaired) electrons. The van der Waals surface area contributed by atoms with Gasteiger partial charge in [0, 0.05) is 25.6 Å². The van der Waals surface area contributed by atoms with Crippen molar-refractivity contribution in [2.24, 2.45) is 11.3 Å². The van der Waals surface area contributed by atoms with Crippen LogP contribution in [0.4, 0.5) is 0 Å². The number of hydrogen-bond acceptors (Lipinski definition) is 6. The number of rotatable bonds is 8. The first-order valence-corrected chi connectivity index (χ1v) is 16.5. The lowest BCUT2D eigenvalue weighted by Crippen LogP contribution is -2.35. The van der Waals surface area contributed by atoms with E-state index in [0.717, 1.165) is 57.3 Å². The second-order valence-electron chi connectivity index (χ2n) is 12.3. The van der Waals surface area contributed by atoms with Crippen LogP contribution in [0.1, 0.15) is 73.4 Å². The molecule has 0 fully saturated rings. The summed E-state index contributed by atoms with van der Waals surface area (Å²) in [6.45, 7) is 13.4. The summed E-state index contributed by atoms with van der Waals surface area (Å²) in [6.07, 6.45) is 1.63. The molecule has 0 bridgehead atoms. The molecule has 0 aliphatic carbocycles. The predicted octanol–water partition coefficient (Wildman–Crippen LogP) is 6.17. The summed E-state index contributed by atoms with van der Waals surface area (Å²) in [5, 5.41) is 8.78. The van der Waals surface area contributed by atoms with Crippen LogP contribution in [0.25, 0.3) is 11.0 Å². The van der Waals surface area contributed by atoms with Gasteiger partial charge in [-0.05, 0) is 92.5 Å². The van der Waals surface area contributed by atoms with Crippen molar-refractivity contribution in [3.05, 3.63) is 88.0 Å². The molecule has 0 unspecified atom stereocenters. The van der Waals surface area contributed by atoms with Gasteiger partial charge in [-0.1, -0.05) is 61.0 Å². The Kier molecular flexibility index (Phi) is 8.51. The fourth-order valence-electron chi connectivity index (χ4n) is 6.57. The van der Waals surface area contributed by atoms with Gasteiger partial charge < -0.3 is 4.74 Å². The molecule has 0 spiro atoms. The third kappa shape index (κ3) is 5.49. The molecule has 0 saturated heterocycles. The lowest BCUT2D eigenvalue weighted by atomic mass is 9.69. The van der Waals surface area contributed by atoms with Gasteiger partial charge in [0.15, 0.2) is 0 Å². The van der Waals surface area contributed by atoms with Crippen molar-refractivity contribution in [1.29, 1.82) is 0 Å². The highest BCUT2D eigenvalue weighted by Gasteiger charge is 2.41. The van der Waals surface area contributed by atoms with Crippen LogP contribution in [0.3, 0.4) is 0 Å². The molecular formula is C34H42N4O4S. The van der Waals surface area contributed by atoms with Gasteiger partial charge in [-0.25, -0.2) is 13.1 Å². The lowest BCUT2D eigenvalue weighted by molar-refractivity contribution is -0.151. The number of esters is 1. The molecule has 4 aromatic rings. The zero-order valence-electron chi connectivity index (χ0n) is 26.2. The van der Waals surface area contributed by atoms with Crippen LogP contribution in [-0.4, -0.2) is 47.3 Å². The van der Waals surface area contributed by atoms with E-state index in [0.29, 0.717) is 18.0 Å². The van der Waals surface area contributed by atoms with Crippen LogP contribution < -0.4 is 0 Å². The van der Waals surface area contributed by atoms with E-state index in [1.165, 1.54) is 7.11 Å². The zero-order chi connectivity index (χ0) is 31.1. The SMILES string of the molecule is CC[C@H]1Cc2ccccc2S(=O)(=O)N(Cc2cc([C@@H](c3ccc4c(nnn4CC)c3C)C(C)(C)C(=O)OC)ccc2C)C1. The van der Waals surface area contributed by atoms with Gasteiger partial charge in [0.25, 0.3) is 0 Å². The summed E-state index contributed by atoms with van der Waals surface area (Å²) in [7, 11) is -2.28. The number of methoxy groups -OCH3 is 1. The van der Waals surface area contributed by atoms with E-state index in [1.807, 2.05) is 69.6 Å². The van der Waals surface area contributed by atoms with E-state index in [1.54, 1.807) is 16.4 Å². The lowest BCUT2D eigenvalue weighted by Gasteiger charge is -2.34. The van der Waals surface area contributed by atoms with E-state index in [4.69, 9.17) is 4.74 Å². The van der Waals surface area contributed by atoms with Gasteiger partial charge in [0.2, 0.25) is 10.0 Å². The van der Waals surface area contributed by atoms with Crippen LogP contribution in [-0.2, 0) is 39.1 Å². The van der Waals surface area contributed by atoms with Gasteiger partial charge in [0.1, 0.15) is 5.52 Å². The van der Waals surface area contributed by atoms with Gasteiger partial charge in [-0.2, -0.15) is 4.31 Å². The standard InChI is InChI=1S/C34H42N4O4S/c1-8-24-18-25-12-10-11-13-30(25)43(40,41)37(20-24)21-27-19-26(15-14-22(27)3)31(34(5,6)33(39)42-7)28-16-17-29-32(23(28)4)35-36-38(29)9-2/h10-17,19,24,31H,8-9,18,20-21H2,1-7H3/t24-,31-/m0/s1. The Morgan fingerprint density at radius 1 is 1.09 bits per heavy atom. The van der Waals surface area contributed by atoms with E-state index in [9.17, 15) is 13.2 Å². The van der Waals surface area contributed by atoms with Crippen LogP contribution >= 0.6 is 0 Å². The summed E-state index contributed by atoms with van der Waals surface area (Å²) in [5.74, 6) is -0.479. The third-order valence-corrected chi connectivity index (χ3v) is 11.1. The quantitative estimate of drug-likeness (QED) is 0.224. The first-order chi connectivity index (χ1) is 20.4. The second kappa shape index (κ2) is 11.8. The molecule has 1 aliphatic rings. The van der Waals surface area contributed by atoms with Gasteiger partial charge in [-0.15, -0.1) is 5.10 Å². The van der Waals surface area contributed by atoms with Crippen molar-refractivity contribution in [2.75, 3.05) is 13.7 Å². The molecule has 8 nitrogen and oxygen atoms in total. The molecule has 0 saturated carbocycles. The number of ether oxygens (including phenoxy) is 1. The number of benzene rings is 3. The topological polar surface area (TPSA) is 94.4 Å². The van der Waals surface area contributed by atoms with Gasteiger partial charge in [-0.3, -0.25) is 4.79 Å². The average Bonchev–Trinajstić information content (AvgIpc) is 3.38. The first-order valence-electron chi connectivity index (χ1n) is 15.0. The van der Waals surface area contributed by atoms with Gasteiger partial charge in [0.05, 0.1) is 22.9 Å². The third-order valence-electron chi connectivity index (χ3n) is 9.22. The van der Waals surface area contributed by atoms with Crippen molar-refractivity contribution in [2.45, 2.75) is 78.3 Å². The number of sulfonamides is 1. The van der Waals surface area contributed by atoms with Crippen LogP contribution in [0, 0.1) is 25.2 Å². The molecule has 2 atom stereocenters. The Balaban J connectivity index is 1.63. The second-order valence-corrected chi connectivity index (χ2v) is 14.2. The maximum Gasteiger partial charge on any atom is 0.312 e. The van der Waals surface area contributed by atoms with E-state index in [-0.39, 0.29) is 24.3 Å². The molecule has 1 aromatic heterocycles. The number of carbonyl (C=O) groups excluding carboxylic acids is 1. The van der Waals surface area contributed by atoms with Gasteiger partial charge >= 0.3 is 5.97 Å². The molecule has 0 amide bonds. The smallest absolute Gasteiger partial charge is 0.312 e. The summed E-state index contributed by atoms with van der Waals surface area (Å²) >= 11 is 0.